The number of para-hydroxylation sites is 1. The van der Waals surface area contributed by atoms with Crippen LogP contribution in [0.2, 0.25) is 0 Å². The Morgan fingerprint density at radius 1 is 1.16 bits per heavy atom. The minimum atomic E-state index is -0.498. The molecule has 0 aliphatic heterocycles. The SMILES string of the molecule is CNC(=O)c1cccc(CNC(=O)/C=C\c2ccccc2[N+](=O)[O-])c1. The lowest BCUT2D eigenvalue weighted by molar-refractivity contribution is -0.385. The van der Waals surface area contributed by atoms with E-state index in [1.54, 1.807) is 49.5 Å². The smallest absolute Gasteiger partial charge is 0.276 e. The van der Waals surface area contributed by atoms with Crippen molar-refractivity contribution in [2.75, 3.05) is 7.05 Å². The standard InChI is InChI=1S/C18H17N3O4/c1-19-18(23)15-7-4-5-13(11-15)12-20-17(22)10-9-14-6-2-3-8-16(14)21(24)25/h2-11H,12H2,1H3,(H,19,23)(H,20,22)/b10-9-. The number of hydrogen-bond acceptors (Lipinski definition) is 4. The summed E-state index contributed by atoms with van der Waals surface area (Å²) in [5.41, 5.74) is 1.56. The Morgan fingerprint density at radius 2 is 1.92 bits per heavy atom. The van der Waals surface area contributed by atoms with E-state index in [0.29, 0.717) is 11.1 Å². The second kappa shape index (κ2) is 8.39. The van der Waals surface area contributed by atoms with Crippen molar-refractivity contribution < 1.29 is 14.5 Å². The highest BCUT2D eigenvalue weighted by Gasteiger charge is 2.10. The summed E-state index contributed by atoms with van der Waals surface area (Å²) in [7, 11) is 1.55. The minimum Gasteiger partial charge on any atom is -0.355 e. The zero-order valence-corrected chi connectivity index (χ0v) is 13.6. The van der Waals surface area contributed by atoms with E-state index in [0.717, 1.165) is 5.56 Å². The second-order valence-electron chi connectivity index (χ2n) is 5.15. The van der Waals surface area contributed by atoms with Crippen LogP contribution in [-0.4, -0.2) is 23.8 Å². The maximum absolute atomic E-state index is 11.9. The highest BCUT2D eigenvalue weighted by atomic mass is 16.6. The van der Waals surface area contributed by atoms with Crippen LogP contribution in [0.3, 0.4) is 0 Å². The summed E-state index contributed by atoms with van der Waals surface area (Å²) in [6.07, 6.45) is 2.64. The number of rotatable bonds is 6. The quantitative estimate of drug-likeness (QED) is 0.479. The van der Waals surface area contributed by atoms with E-state index in [4.69, 9.17) is 0 Å². The summed E-state index contributed by atoms with van der Waals surface area (Å²) >= 11 is 0. The molecule has 0 spiro atoms. The fraction of sp³-hybridized carbons (Fsp3) is 0.111. The Balaban J connectivity index is 2.00. The van der Waals surface area contributed by atoms with Crippen LogP contribution >= 0.6 is 0 Å². The normalized spacial score (nSPS) is 10.4. The Hall–Kier alpha value is -3.48. The van der Waals surface area contributed by atoms with E-state index < -0.39 is 4.92 Å². The van der Waals surface area contributed by atoms with Gasteiger partial charge in [-0.05, 0) is 29.8 Å². The summed E-state index contributed by atoms with van der Waals surface area (Å²) in [6.45, 7) is 0.241. The first kappa shape index (κ1) is 17.9. The molecule has 2 amide bonds. The number of benzene rings is 2. The molecular formula is C18H17N3O4. The van der Waals surface area contributed by atoms with E-state index in [1.165, 1.54) is 18.2 Å². The summed E-state index contributed by atoms with van der Waals surface area (Å²) < 4.78 is 0. The van der Waals surface area contributed by atoms with Crippen LogP contribution in [-0.2, 0) is 11.3 Å². The molecule has 0 radical (unpaired) electrons. The molecule has 128 valence electrons. The van der Waals surface area contributed by atoms with Crippen LogP contribution in [0.1, 0.15) is 21.5 Å². The number of nitro groups is 1. The van der Waals surface area contributed by atoms with Gasteiger partial charge in [0.15, 0.2) is 0 Å². The van der Waals surface area contributed by atoms with Gasteiger partial charge < -0.3 is 10.6 Å². The van der Waals surface area contributed by atoms with Gasteiger partial charge in [-0.15, -0.1) is 0 Å². The first-order valence-electron chi connectivity index (χ1n) is 7.51. The van der Waals surface area contributed by atoms with Crippen molar-refractivity contribution >= 4 is 23.6 Å². The van der Waals surface area contributed by atoms with Gasteiger partial charge in [-0.25, -0.2) is 0 Å². The largest absolute Gasteiger partial charge is 0.355 e. The summed E-state index contributed by atoms with van der Waals surface area (Å²) in [6, 6.07) is 13.1. The maximum Gasteiger partial charge on any atom is 0.276 e. The lowest BCUT2D eigenvalue weighted by Gasteiger charge is -2.05. The number of hydrogen-bond donors (Lipinski definition) is 2. The first-order chi connectivity index (χ1) is 12.0. The molecule has 2 aromatic carbocycles. The predicted octanol–water partition coefficient (Wildman–Crippen LogP) is 2.28. The lowest BCUT2D eigenvalue weighted by Crippen LogP contribution is -2.21. The van der Waals surface area contributed by atoms with Crippen molar-refractivity contribution in [1.82, 2.24) is 10.6 Å². The molecule has 0 aliphatic rings. The van der Waals surface area contributed by atoms with E-state index in [2.05, 4.69) is 10.6 Å². The van der Waals surface area contributed by atoms with E-state index in [9.17, 15) is 19.7 Å². The average Bonchev–Trinajstić information content (AvgIpc) is 2.64. The highest BCUT2D eigenvalue weighted by Crippen LogP contribution is 2.18. The van der Waals surface area contributed by atoms with E-state index >= 15 is 0 Å². The highest BCUT2D eigenvalue weighted by molar-refractivity contribution is 5.94. The number of nitrogens with zero attached hydrogens (tertiary/aromatic N) is 1. The molecule has 0 heterocycles. The molecule has 0 bridgehead atoms. The number of carbonyl (C=O) groups is 2. The van der Waals surface area contributed by atoms with Gasteiger partial charge in [-0.2, -0.15) is 0 Å². The molecule has 25 heavy (non-hydrogen) atoms. The maximum atomic E-state index is 11.9. The van der Waals surface area contributed by atoms with Crippen molar-refractivity contribution in [1.29, 1.82) is 0 Å². The van der Waals surface area contributed by atoms with E-state index in [-0.39, 0.29) is 24.0 Å². The molecule has 7 heteroatoms. The van der Waals surface area contributed by atoms with Gasteiger partial charge in [0, 0.05) is 31.3 Å². The molecule has 7 nitrogen and oxygen atoms in total. The average molecular weight is 339 g/mol. The Labute approximate surface area is 144 Å². The fourth-order valence-corrected chi connectivity index (χ4v) is 2.18. The van der Waals surface area contributed by atoms with Gasteiger partial charge in [0.05, 0.1) is 10.5 Å². The molecule has 2 N–H and O–H groups in total. The summed E-state index contributed by atoms with van der Waals surface area (Å²) in [4.78, 5) is 33.9. The van der Waals surface area contributed by atoms with Gasteiger partial charge in [-0.1, -0.05) is 24.3 Å². The van der Waals surface area contributed by atoms with Crippen LogP contribution in [0.4, 0.5) is 5.69 Å². The van der Waals surface area contributed by atoms with Crippen LogP contribution in [0.25, 0.3) is 6.08 Å². The molecular weight excluding hydrogens is 322 g/mol. The van der Waals surface area contributed by atoms with E-state index in [1.807, 2.05) is 0 Å². The lowest BCUT2D eigenvalue weighted by atomic mass is 10.1. The number of carbonyl (C=O) groups excluding carboxylic acids is 2. The third-order valence-electron chi connectivity index (χ3n) is 3.43. The fourth-order valence-electron chi connectivity index (χ4n) is 2.18. The summed E-state index contributed by atoms with van der Waals surface area (Å²) in [5.74, 6) is -0.590. The number of nitrogens with one attached hydrogen (secondary N) is 2. The van der Waals surface area contributed by atoms with Crippen molar-refractivity contribution in [2.24, 2.45) is 0 Å². The second-order valence-corrected chi connectivity index (χ2v) is 5.15. The molecule has 2 rings (SSSR count). The Kier molecular flexibility index (Phi) is 6.00. The molecule has 0 unspecified atom stereocenters. The van der Waals surface area contributed by atoms with Crippen molar-refractivity contribution in [3.63, 3.8) is 0 Å². The van der Waals surface area contributed by atoms with Crippen molar-refractivity contribution in [3.8, 4) is 0 Å². The Bertz CT molecular complexity index is 831. The van der Waals surface area contributed by atoms with Gasteiger partial charge in [0.2, 0.25) is 5.91 Å². The summed E-state index contributed by atoms with van der Waals surface area (Å²) in [5, 5.41) is 16.1. The van der Waals surface area contributed by atoms with Crippen molar-refractivity contribution in [2.45, 2.75) is 6.54 Å². The minimum absolute atomic E-state index is 0.0650. The molecule has 0 aromatic heterocycles. The van der Waals surface area contributed by atoms with Crippen LogP contribution in [0, 0.1) is 10.1 Å². The molecule has 0 fully saturated rings. The zero-order valence-electron chi connectivity index (χ0n) is 13.6. The van der Waals surface area contributed by atoms with Gasteiger partial charge in [-0.3, -0.25) is 19.7 Å². The van der Waals surface area contributed by atoms with Crippen LogP contribution in [0.15, 0.2) is 54.6 Å². The molecule has 0 saturated heterocycles. The molecule has 2 aromatic rings. The van der Waals surface area contributed by atoms with Gasteiger partial charge >= 0.3 is 0 Å². The molecule has 0 aliphatic carbocycles. The first-order valence-corrected chi connectivity index (χ1v) is 7.51. The van der Waals surface area contributed by atoms with Crippen LogP contribution < -0.4 is 10.6 Å². The van der Waals surface area contributed by atoms with Gasteiger partial charge in [0.1, 0.15) is 0 Å². The number of nitro benzene ring substituents is 1. The topological polar surface area (TPSA) is 101 Å². The third kappa shape index (κ3) is 5.00. The van der Waals surface area contributed by atoms with Crippen molar-refractivity contribution in [3.05, 3.63) is 81.4 Å². The zero-order chi connectivity index (χ0) is 18.2. The monoisotopic (exact) mass is 339 g/mol. The molecule has 0 atom stereocenters. The number of amides is 2. The van der Waals surface area contributed by atoms with Crippen LogP contribution in [0.5, 0.6) is 0 Å². The molecule has 0 saturated carbocycles. The predicted molar refractivity (Wildman–Crippen MR) is 93.8 cm³/mol. The Morgan fingerprint density at radius 3 is 2.64 bits per heavy atom. The van der Waals surface area contributed by atoms with Gasteiger partial charge in [0.25, 0.3) is 11.6 Å². The third-order valence-corrected chi connectivity index (χ3v) is 3.43.